The Labute approximate surface area is 116 Å². The molecule has 0 aromatic heterocycles. The summed E-state index contributed by atoms with van der Waals surface area (Å²) in [7, 11) is 0. The van der Waals surface area contributed by atoms with Crippen molar-refractivity contribution in [2.24, 2.45) is 0 Å². The molecule has 1 aliphatic heterocycles. The van der Waals surface area contributed by atoms with Crippen LogP contribution in [0.2, 0.25) is 0 Å². The summed E-state index contributed by atoms with van der Waals surface area (Å²) in [6, 6.07) is 6.14. The number of alkyl halides is 3. The largest absolute Gasteiger partial charge is 0.573 e. The van der Waals surface area contributed by atoms with Gasteiger partial charge in [-0.3, -0.25) is 4.90 Å². The van der Waals surface area contributed by atoms with Gasteiger partial charge in [-0.15, -0.1) is 13.2 Å². The van der Waals surface area contributed by atoms with E-state index in [1.54, 1.807) is 12.1 Å². The first-order valence-corrected chi connectivity index (χ1v) is 6.60. The Morgan fingerprint density at radius 3 is 2.45 bits per heavy atom. The van der Waals surface area contributed by atoms with Crippen LogP contribution in [0, 0.1) is 6.92 Å². The molecular formula is C14H18F3N2O. The summed E-state index contributed by atoms with van der Waals surface area (Å²) in [5.41, 5.74) is 0.765. The molecule has 0 unspecified atom stereocenters. The van der Waals surface area contributed by atoms with E-state index in [-0.39, 0.29) is 5.75 Å². The predicted octanol–water partition coefficient (Wildman–Crippen LogP) is 2.93. The molecule has 0 N–H and O–H groups in total. The van der Waals surface area contributed by atoms with Gasteiger partial charge in [0, 0.05) is 37.9 Å². The molecule has 0 aliphatic carbocycles. The summed E-state index contributed by atoms with van der Waals surface area (Å²) in [6.45, 7) is 8.20. The van der Waals surface area contributed by atoms with E-state index in [9.17, 15) is 13.2 Å². The zero-order chi connectivity index (χ0) is 14.6. The van der Waals surface area contributed by atoms with Crippen LogP contribution < -0.4 is 9.64 Å². The predicted molar refractivity (Wildman–Crippen MR) is 71.8 cm³/mol. The molecule has 3 nitrogen and oxygen atoms in total. The number of halogens is 3. The third kappa shape index (κ3) is 4.30. The maximum atomic E-state index is 12.2. The standard InChI is InChI=1S/C14H18F3N2O/c1-2-6-18-7-9-19(10-8-18)12-4-3-5-13(11-12)20-14(15,16)17/h3-5,11H,1-2,6-10H2. The molecule has 1 saturated heterocycles. The van der Waals surface area contributed by atoms with Gasteiger partial charge in [-0.25, -0.2) is 0 Å². The Balaban J connectivity index is 1.98. The third-order valence-corrected chi connectivity index (χ3v) is 3.26. The summed E-state index contributed by atoms with van der Waals surface area (Å²) in [6.07, 6.45) is -3.78. The molecule has 2 rings (SSSR count). The zero-order valence-electron chi connectivity index (χ0n) is 11.2. The second-order valence-corrected chi connectivity index (χ2v) is 4.73. The molecule has 1 radical (unpaired) electrons. The summed E-state index contributed by atoms with van der Waals surface area (Å²) >= 11 is 0. The van der Waals surface area contributed by atoms with Crippen molar-refractivity contribution in [2.45, 2.75) is 12.8 Å². The van der Waals surface area contributed by atoms with Gasteiger partial charge in [0.1, 0.15) is 5.75 Å². The lowest BCUT2D eigenvalue weighted by atomic mass is 10.2. The Morgan fingerprint density at radius 2 is 1.85 bits per heavy atom. The van der Waals surface area contributed by atoms with E-state index in [4.69, 9.17) is 0 Å². The van der Waals surface area contributed by atoms with Gasteiger partial charge < -0.3 is 9.64 Å². The lowest BCUT2D eigenvalue weighted by Gasteiger charge is -2.36. The maximum absolute atomic E-state index is 12.2. The van der Waals surface area contributed by atoms with Gasteiger partial charge in [0.2, 0.25) is 0 Å². The van der Waals surface area contributed by atoms with Gasteiger partial charge in [-0.1, -0.05) is 13.0 Å². The second-order valence-electron chi connectivity index (χ2n) is 4.73. The molecule has 0 amide bonds. The van der Waals surface area contributed by atoms with Crippen LogP contribution in [-0.4, -0.2) is 44.0 Å². The molecule has 111 valence electrons. The van der Waals surface area contributed by atoms with Crippen LogP contribution in [-0.2, 0) is 0 Å². The van der Waals surface area contributed by atoms with Gasteiger partial charge in [-0.05, 0) is 25.1 Å². The van der Waals surface area contributed by atoms with Gasteiger partial charge in [0.05, 0.1) is 0 Å². The third-order valence-electron chi connectivity index (χ3n) is 3.26. The monoisotopic (exact) mass is 287 g/mol. The number of anilines is 1. The minimum atomic E-state index is -4.65. The number of hydrogen-bond donors (Lipinski definition) is 0. The van der Waals surface area contributed by atoms with Gasteiger partial charge in [0.15, 0.2) is 0 Å². The van der Waals surface area contributed by atoms with Crippen molar-refractivity contribution in [3.05, 3.63) is 31.2 Å². The number of ether oxygens (including phenoxy) is 1. The second kappa shape index (κ2) is 6.35. The molecule has 0 saturated carbocycles. The first-order valence-electron chi connectivity index (χ1n) is 6.60. The fourth-order valence-corrected chi connectivity index (χ4v) is 2.33. The molecule has 1 aromatic rings. The normalized spacial score (nSPS) is 17.3. The first-order chi connectivity index (χ1) is 9.48. The Bertz CT molecular complexity index is 429. The minimum Gasteiger partial charge on any atom is -0.406 e. The Hall–Kier alpha value is -1.43. The van der Waals surface area contributed by atoms with E-state index in [0.717, 1.165) is 44.8 Å². The Morgan fingerprint density at radius 1 is 1.15 bits per heavy atom. The van der Waals surface area contributed by atoms with Crippen molar-refractivity contribution in [3.63, 3.8) is 0 Å². The fraction of sp³-hybridized carbons (Fsp3) is 0.500. The smallest absolute Gasteiger partial charge is 0.406 e. The molecule has 1 heterocycles. The number of rotatable bonds is 4. The van der Waals surface area contributed by atoms with Crippen molar-refractivity contribution < 1.29 is 17.9 Å². The molecule has 0 spiro atoms. The molecular weight excluding hydrogens is 269 g/mol. The highest BCUT2D eigenvalue weighted by Crippen LogP contribution is 2.27. The van der Waals surface area contributed by atoms with Crippen molar-refractivity contribution in [1.29, 1.82) is 0 Å². The highest BCUT2D eigenvalue weighted by atomic mass is 19.4. The van der Waals surface area contributed by atoms with E-state index in [0.29, 0.717) is 0 Å². The van der Waals surface area contributed by atoms with Crippen LogP contribution >= 0.6 is 0 Å². The van der Waals surface area contributed by atoms with Gasteiger partial charge >= 0.3 is 6.36 Å². The van der Waals surface area contributed by atoms with E-state index >= 15 is 0 Å². The van der Waals surface area contributed by atoms with E-state index in [2.05, 4.69) is 21.5 Å². The molecule has 20 heavy (non-hydrogen) atoms. The summed E-state index contributed by atoms with van der Waals surface area (Å²) < 4.78 is 40.6. The SMILES string of the molecule is [CH2]CCN1CCN(c2cccc(OC(F)(F)F)c2)CC1. The summed E-state index contributed by atoms with van der Waals surface area (Å²) in [5.74, 6) is -0.171. The lowest BCUT2D eigenvalue weighted by molar-refractivity contribution is -0.274. The maximum Gasteiger partial charge on any atom is 0.573 e. The molecule has 0 bridgehead atoms. The van der Waals surface area contributed by atoms with Crippen molar-refractivity contribution in [2.75, 3.05) is 37.6 Å². The van der Waals surface area contributed by atoms with Crippen molar-refractivity contribution in [3.8, 4) is 5.75 Å². The number of benzene rings is 1. The Kier molecular flexibility index (Phi) is 4.75. The molecule has 6 heteroatoms. The van der Waals surface area contributed by atoms with Gasteiger partial charge in [0.25, 0.3) is 0 Å². The first kappa shape index (κ1) is 15.0. The lowest BCUT2D eigenvalue weighted by Crippen LogP contribution is -2.46. The average Bonchev–Trinajstić information content (AvgIpc) is 2.38. The van der Waals surface area contributed by atoms with E-state index in [1.165, 1.54) is 12.1 Å². The minimum absolute atomic E-state index is 0.171. The highest BCUT2D eigenvalue weighted by Gasteiger charge is 2.31. The highest BCUT2D eigenvalue weighted by molar-refractivity contribution is 5.51. The van der Waals surface area contributed by atoms with E-state index < -0.39 is 6.36 Å². The van der Waals surface area contributed by atoms with Crippen LogP contribution in [0.4, 0.5) is 18.9 Å². The molecule has 1 aromatic carbocycles. The molecule has 1 aliphatic rings. The number of hydrogen-bond acceptors (Lipinski definition) is 3. The van der Waals surface area contributed by atoms with Crippen LogP contribution in [0.15, 0.2) is 24.3 Å². The quantitative estimate of drug-likeness (QED) is 0.847. The van der Waals surface area contributed by atoms with Crippen LogP contribution in [0.3, 0.4) is 0 Å². The van der Waals surface area contributed by atoms with Crippen LogP contribution in [0.25, 0.3) is 0 Å². The topological polar surface area (TPSA) is 15.7 Å². The average molecular weight is 287 g/mol. The number of piperazine rings is 1. The van der Waals surface area contributed by atoms with Crippen molar-refractivity contribution in [1.82, 2.24) is 4.90 Å². The molecule has 0 atom stereocenters. The molecule has 1 fully saturated rings. The van der Waals surface area contributed by atoms with Crippen molar-refractivity contribution >= 4 is 5.69 Å². The van der Waals surface area contributed by atoms with E-state index in [1.807, 2.05) is 0 Å². The van der Waals surface area contributed by atoms with Crippen LogP contribution in [0.5, 0.6) is 5.75 Å². The fourth-order valence-electron chi connectivity index (χ4n) is 2.33. The summed E-state index contributed by atoms with van der Waals surface area (Å²) in [4.78, 5) is 4.38. The van der Waals surface area contributed by atoms with Gasteiger partial charge in [-0.2, -0.15) is 0 Å². The van der Waals surface area contributed by atoms with Crippen LogP contribution in [0.1, 0.15) is 6.42 Å². The zero-order valence-corrected chi connectivity index (χ0v) is 11.2. The number of nitrogens with zero attached hydrogens (tertiary/aromatic N) is 2. The summed E-state index contributed by atoms with van der Waals surface area (Å²) in [5, 5.41) is 0.